The van der Waals surface area contributed by atoms with E-state index >= 15 is 0 Å². The molecule has 0 heterocycles. The van der Waals surface area contributed by atoms with Crippen molar-refractivity contribution in [2.24, 2.45) is 5.41 Å². The highest BCUT2D eigenvalue weighted by Crippen LogP contribution is 2.26. The first-order valence-corrected chi connectivity index (χ1v) is 9.53. The molecule has 0 aromatic heterocycles. The average Bonchev–Trinajstić information content (AvgIpc) is 2.48. The van der Waals surface area contributed by atoms with Gasteiger partial charge in [-0.1, -0.05) is 32.9 Å². The highest BCUT2D eigenvalue weighted by molar-refractivity contribution is 7.98. The Morgan fingerprint density at radius 3 is 2.24 bits per heavy atom. The van der Waals surface area contributed by atoms with Crippen molar-refractivity contribution in [3.05, 3.63) is 35.9 Å². The lowest BCUT2D eigenvalue weighted by Crippen LogP contribution is -2.47. The van der Waals surface area contributed by atoms with Gasteiger partial charge in [0, 0.05) is 16.5 Å². The van der Waals surface area contributed by atoms with Crippen molar-refractivity contribution in [3.8, 4) is 0 Å². The van der Waals surface area contributed by atoms with E-state index in [1.54, 1.807) is 17.8 Å². The minimum atomic E-state index is -0.530. The molecule has 1 aromatic rings. The molecule has 0 bridgehead atoms. The van der Waals surface area contributed by atoms with Crippen molar-refractivity contribution < 1.29 is 14.3 Å². The van der Waals surface area contributed by atoms with Gasteiger partial charge in [0.15, 0.2) is 6.61 Å². The molecule has 0 saturated heterocycles. The second-order valence-electron chi connectivity index (χ2n) is 7.88. The lowest BCUT2D eigenvalue weighted by atomic mass is 9.82. The van der Waals surface area contributed by atoms with Crippen LogP contribution in [0.4, 0.5) is 0 Å². The van der Waals surface area contributed by atoms with Crippen LogP contribution in [-0.4, -0.2) is 30.3 Å². The summed E-state index contributed by atoms with van der Waals surface area (Å²) in [5, 5.41) is 2.91. The van der Waals surface area contributed by atoms with Gasteiger partial charge in [-0.05, 0) is 55.7 Å². The van der Waals surface area contributed by atoms with E-state index < -0.39 is 5.97 Å². The maximum Gasteiger partial charge on any atom is 0.331 e. The first-order valence-electron chi connectivity index (χ1n) is 8.31. The molecule has 0 atom stereocenters. The Morgan fingerprint density at radius 1 is 1.12 bits per heavy atom. The van der Waals surface area contributed by atoms with E-state index in [2.05, 4.69) is 26.1 Å². The van der Waals surface area contributed by atoms with E-state index in [4.69, 9.17) is 4.74 Å². The molecule has 1 aromatic carbocycles. The van der Waals surface area contributed by atoms with Crippen LogP contribution in [0.2, 0.25) is 0 Å². The normalized spacial score (nSPS) is 12.2. The molecule has 1 amide bonds. The van der Waals surface area contributed by atoms with Crippen molar-refractivity contribution >= 4 is 29.7 Å². The standard InChI is InChI=1S/C20H29NO3S/c1-19(2,3)14-20(4,5)21-17(22)13-24-18(23)12-9-15-7-10-16(25-6)11-8-15/h7-12H,13-14H2,1-6H3,(H,21,22)/b12-9+. The lowest BCUT2D eigenvalue weighted by Gasteiger charge is -2.33. The molecule has 0 aliphatic rings. The first-order chi connectivity index (χ1) is 11.5. The quantitative estimate of drug-likeness (QED) is 0.446. The van der Waals surface area contributed by atoms with E-state index in [1.807, 2.05) is 44.4 Å². The molecule has 0 spiro atoms. The topological polar surface area (TPSA) is 55.4 Å². The summed E-state index contributed by atoms with van der Waals surface area (Å²) in [4.78, 5) is 24.9. The predicted molar refractivity (Wildman–Crippen MR) is 105 cm³/mol. The molecule has 25 heavy (non-hydrogen) atoms. The Kier molecular flexibility index (Phi) is 7.74. The molecule has 1 N–H and O–H groups in total. The van der Waals surface area contributed by atoms with Gasteiger partial charge >= 0.3 is 5.97 Å². The monoisotopic (exact) mass is 363 g/mol. The van der Waals surface area contributed by atoms with E-state index in [9.17, 15) is 9.59 Å². The third-order valence-electron chi connectivity index (χ3n) is 3.32. The number of esters is 1. The summed E-state index contributed by atoms with van der Waals surface area (Å²) in [5.41, 5.74) is 0.657. The van der Waals surface area contributed by atoms with Crippen LogP contribution in [0.3, 0.4) is 0 Å². The summed E-state index contributed by atoms with van der Waals surface area (Å²) in [7, 11) is 0. The second-order valence-corrected chi connectivity index (χ2v) is 8.76. The molecule has 4 nitrogen and oxygen atoms in total. The fourth-order valence-electron chi connectivity index (χ4n) is 2.85. The van der Waals surface area contributed by atoms with E-state index in [0.717, 1.165) is 16.9 Å². The van der Waals surface area contributed by atoms with Crippen LogP contribution in [0, 0.1) is 5.41 Å². The SMILES string of the molecule is CSc1ccc(/C=C/C(=O)OCC(=O)NC(C)(C)CC(C)(C)C)cc1. The smallest absolute Gasteiger partial charge is 0.331 e. The molecular formula is C20H29NO3S. The first kappa shape index (κ1) is 21.3. The number of carbonyl (C=O) groups excluding carboxylic acids is 2. The number of hydrogen-bond donors (Lipinski definition) is 1. The van der Waals surface area contributed by atoms with Crippen LogP contribution < -0.4 is 5.32 Å². The minimum absolute atomic E-state index is 0.0992. The zero-order valence-corrected chi connectivity index (χ0v) is 16.8. The largest absolute Gasteiger partial charge is 0.452 e. The molecule has 0 radical (unpaired) electrons. The van der Waals surface area contributed by atoms with E-state index in [0.29, 0.717) is 0 Å². The summed E-state index contributed by atoms with van der Waals surface area (Å²) in [6.07, 6.45) is 5.84. The molecule has 1 rings (SSSR count). The maximum atomic E-state index is 12.0. The predicted octanol–water partition coefficient (Wildman–Crippen LogP) is 4.30. The molecule has 0 aliphatic heterocycles. The Morgan fingerprint density at radius 2 is 1.72 bits per heavy atom. The summed E-state index contributed by atoms with van der Waals surface area (Å²) in [6, 6.07) is 7.83. The number of ether oxygens (including phenoxy) is 1. The second kappa shape index (κ2) is 9.09. The summed E-state index contributed by atoms with van der Waals surface area (Å²) < 4.78 is 5.00. The van der Waals surface area contributed by atoms with Gasteiger partial charge in [-0.2, -0.15) is 0 Å². The lowest BCUT2D eigenvalue weighted by molar-refractivity contribution is -0.144. The van der Waals surface area contributed by atoms with Gasteiger partial charge < -0.3 is 10.1 Å². The van der Waals surface area contributed by atoms with E-state index in [1.165, 1.54) is 6.08 Å². The highest BCUT2D eigenvalue weighted by atomic mass is 32.2. The van der Waals surface area contributed by atoms with Crippen LogP contribution >= 0.6 is 11.8 Å². The Balaban J connectivity index is 2.44. The molecule has 0 saturated carbocycles. The number of nitrogens with one attached hydrogen (secondary N) is 1. The fourth-order valence-corrected chi connectivity index (χ4v) is 3.26. The molecule has 5 heteroatoms. The third-order valence-corrected chi connectivity index (χ3v) is 4.07. The zero-order chi connectivity index (χ0) is 19.1. The van der Waals surface area contributed by atoms with Crippen LogP contribution in [0.15, 0.2) is 35.2 Å². The van der Waals surface area contributed by atoms with Gasteiger partial charge in [-0.3, -0.25) is 4.79 Å². The van der Waals surface area contributed by atoms with Gasteiger partial charge in [0.25, 0.3) is 5.91 Å². The van der Waals surface area contributed by atoms with Crippen molar-refractivity contribution in [2.45, 2.75) is 51.5 Å². The molecule has 138 valence electrons. The Hall–Kier alpha value is -1.75. The average molecular weight is 364 g/mol. The van der Waals surface area contributed by atoms with Gasteiger partial charge in [-0.25, -0.2) is 4.79 Å². The molecular weight excluding hydrogens is 334 g/mol. The van der Waals surface area contributed by atoms with Crippen LogP contribution in [-0.2, 0) is 14.3 Å². The van der Waals surface area contributed by atoms with Crippen molar-refractivity contribution in [2.75, 3.05) is 12.9 Å². The van der Waals surface area contributed by atoms with Gasteiger partial charge in [-0.15, -0.1) is 11.8 Å². The van der Waals surface area contributed by atoms with Gasteiger partial charge in [0.2, 0.25) is 0 Å². The fraction of sp³-hybridized carbons (Fsp3) is 0.500. The van der Waals surface area contributed by atoms with Crippen LogP contribution in [0.5, 0.6) is 0 Å². The van der Waals surface area contributed by atoms with Crippen molar-refractivity contribution in [1.82, 2.24) is 5.32 Å². The summed E-state index contributed by atoms with van der Waals surface area (Å²) >= 11 is 1.66. The molecule has 0 unspecified atom stereocenters. The number of amides is 1. The van der Waals surface area contributed by atoms with Crippen LogP contribution in [0.1, 0.15) is 46.6 Å². The number of carbonyl (C=O) groups is 2. The number of benzene rings is 1. The molecule has 0 fully saturated rings. The summed E-state index contributed by atoms with van der Waals surface area (Å²) in [5.74, 6) is -0.821. The van der Waals surface area contributed by atoms with Crippen molar-refractivity contribution in [1.29, 1.82) is 0 Å². The van der Waals surface area contributed by atoms with Gasteiger partial charge in [0.05, 0.1) is 0 Å². The van der Waals surface area contributed by atoms with E-state index in [-0.39, 0.29) is 23.5 Å². The third kappa shape index (κ3) is 9.34. The van der Waals surface area contributed by atoms with Crippen LogP contribution in [0.25, 0.3) is 6.08 Å². The van der Waals surface area contributed by atoms with Gasteiger partial charge in [0.1, 0.15) is 0 Å². The maximum absolute atomic E-state index is 12.0. The van der Waals surface area contributed by atoms with Crippen molar-refractivity contribution in [3.63, 3.8) is 0 Å². The summed E-state index contributed by atoms with van der Waals surface area (Å²) in [6.45, 7) is 10.0. The number of hydrogen-bond acceptors (Lipinski definition) is 4. The number of rotatable bonds is 7. The Labute approximate surface area is 155 Å². The minimum Gasteiger partial charge on any atom is -0.452 e. The Bertz CT molecular complexity index is 613. The number of thioether (sulfide) groups is 1. The molecule has 0 aliphatic carbocycles. The highest BCUT2D eigenvalue weighted by Gasteiger charge is 2.27. The zero-order valence-electron chi connectivity index (χ0n) is 16.0.